The maximum Gasteiger partial charge on any atom is 0.264 e. The van der Waals surface area contributed by atoms with Gasteiger partial charge in [0.1, 0.15) is 17.7 Å². The van der Waals surface area contributed by atoms with Crippen LogP contribution in [0.4, 0.5) is 5.82 Å². The van der Waals surface area contributed by atoms with E-state index < -0.39 is 0 Å². The number of hydrogen-bond donors (Lipinski definition) is 2. The van der Waals surface area contributed by atoms with Gasteiger partial charge >= 0.3 is 0 Å². The molecule has 1 unspecified atom stereocenters. The monoisotopic (exact) mass is 522 g/mol. The van der Waals surface area contributed by atoms with Crippen molar-refractivity contribution >= 4 is 29.7 Å². The lowest BCUT2D eigenvalue weighted by molar-refractivity contribution is -0.750. The fraction of sp³-hybridized carbons (Fsp3) is 0.367. The van der Waals surface area contributed by atoms with E-state index in [1.165, 1.54) is 24.8 Å². The van der Waals surface area contributed by atoms with Crippen LogP contribution < -0.4 is 11.2 Å². The molecule has 5 heterocycles. The number of piperidine rings is 1. The number of amides is 2. The molecule has 1 aliphatic carbocycles. The van der Waals surface area contributed by atoms with Crippen molar-refractivity contribution in [3.63, 3.8) is 0 Å². The lowest BCUT2D eigenvalue weighted by atomic mass is 9.80. The van der Waals surface area contributed by atoms with Crippen LogP contribution >= 0.6 is 0 Å². The van der Waals surface area contributed by atoms with Crippen molar-refractivity contribution < 1.29 is 14.2 Å². The van der Waals surface area contributed by atoms with Crippen LogP contribution in [0.5, 0.6) is 0 Å². The van der Waals surface area contributed by atoms with Crippen LogP contribution in [0.2, 0.25) is 0 Å². The number of aromatic nitrogens is 1. The molecule has 9 heteroatoms. The number of benzene rings is 1. The Morgan fingerprint density at radius 3 is 2.69 bits per heavy atom. The van der Waals surface area contributed by atoms with Crippen molar-refractivity contribution in [1.82, 2.24) is 9.88 Å². The Balaban J connectivity index is 1.12. The average Bonchev–Trinajstić information content (AvgIpc) is 3.44. The molecular weight excluding hydrogens is 490 g/mol. The lowest BCUT2D eigenvalue weighted by Crippen LogP contribution is -2.53. The number of anilines is 1. The van der Waals surface area contributed by atoms with Crippen molar-refractivity contribution in [2.75, 3.05) is 11.9 Å². The number of carbonyl (C=O) groups is 2. The van der Waals surface area contributed by atoms with E-state index in [-0.39, 0.29) is 22.3 Å². The van der Waals surface area contributed by atoms with Crippen LogP contribution in [0.25, 0.3) is 0 Å². The molecular formula is C30H32N7O2+. The Morgan fingerprint density at radius 1 is 1.05 bits per heavy atom. The predicted molar refractivity (Wildman–Crippen MR) is 148 cm³/mol. The smallest absolute Gasteiger partial charge is 0.264 e. The number of fused-ring (bicyclic) bond motifs is 2. The zero-order chi connectivity index (χ0) is 26.6. The second kappa shape index (κ2) is 9.36. The molecule has 3 atom stereocenters. The first kappa shape index (κ1) is 24.1. The maximum atomic E-state index is 13.0. The molecule has 2 amide bonds. The Labute approximate surface area is 227 Å². The molecule has 0 bridgehead atoms. The van der Waals surface area contributed by atoms with Gasteiger partial charge in [0.15, 0.2) is 0 Å². The van der Waals surface area contributed by atoms with Crippen molar-refractivity contribution in [2.24, 2.45) is 21.7 Å². The molecule has 0 spiro atoms. The summed E-state index contributed by atoms with van der Waals surface area (Å²) in [5.41, 5.74) is 4.34. The molecule has 1 aromatic carbocycles. The molecule has 3 fully saturated rings. The van der Waals surface area contributed by atoms with Gasteiger partial charge in [-0.05, 0) is 80.0 Å². The largest absolute Gasteiger partial charge is 0.339 e. The highest BCUT2D eigenvalue weighted by Crippen LogP contribution is 2.40. The molecule has 9 nitrogen and oxygen atoms in total. The number of rotatable bonds is 5. The first-order valence-corrected chi connectivity index (χ1v) is 13.9. The number of carbonyl (C=O) groups excluding carboxylic acids is 2. The van der Waals surface area contributed by atoms with E-state index in [9.17, 15) is 9.59 Å². The van der Waals surface area contributed by atoms with Crippen molar-refractivity contribution in [2.45, 2.75) is 56.9 Å². The molecule has 1 saturated carbocycles. The number of hydrogen-bond acceptors (Lipinski definition) is 6. The minimum atomic E-state index is -0.207. The van der Waals surface area contributed by atoms with Crippen LogP contribution in [0.1, 0.15) is 72.3 Å². The summed E-state index contributed by atoms with van der Waals surface area (Å²) < 4.78 is -0.0733. The van der Waals surface area contributed by atoms with Gasteiger partial charge in [-0.25, -0.2) is 4.98 Å². The minimum Gasteiger partial charge on any atom is -0.339 e. The van der Waals surface area contributed by atoms with Crippen molar-refractivity contribution in [3.05, 3.63) is 83.1 Å². The summed E-state index contributed by atoms with van der Waals surface area (Å²) >= 11 is 0. The van der Waals surface area contributed by atoms with Crippen molar-refractivity contribution in [3.8, 4) is 0 Å². The normalized spacial score (nSPS) is 27.8. The predicted octanol–water partition coefficient (Wildman–Crippen LogP) is 4.22. The number of aliphatic imine (C=N–C) groups is 2. The zero-order valence-electron chi connectivity index (χ0n) is 21.8. The molecule has 0 radical (unpaired) electrons. The Kier molecular flexibility index (Phi) is 5.79. The van der Waals surface area contributed by atoms with Crippen molar-refractivity contribution in [1.29, 1.82) is 0 Å². The Hall–Kier alpha value is -3.95. The number of allylic oxidation sites excluding steroid dienone is 1. The fourth-order valence-corrected chi connectivity index (χ4v) is 6.47. The number of nitrogens with zero attached hydrogens (tertiary/aromatic N) is 5. The molecule has 7 rings (SSSR count). The van der Waals surface area contributed by atoms with E-state index in [1.54, 1.807) is 30.7 Å². The second-order valence-corrected chi connectivity index (χ2v) is 11.2. The quantitative estimate of drug-likeness (QED) is 0.452. The van der Waals surface area contributed by atoms with E-state index in [1.807, 2.05) is 35.4 Å². The summed E-state index contributed by atoms with van der Waals surface area (Å²) in [6.45, 7) is 0.672. The van der Waals surface area contributed by atoms with Gasteiger partial charge in [-0.3, -0.25) is 14.6 Å². The van der Waals surface area contributed by atoms with E-state index in [2.05, 4.69) is 15.3 Å². The highest BCUT2D eigenvalue weighted by molar-refractivity contribution is 6.05. The van der Waals surface area contributed by atoms with Gasteiger partial charge in [-0.1, -0.05) is 6.42 Å². The molecule has 1 aromatic heterocycles. The standard InChI is InChI=1S/C30H31N7O2/c31-37-15-14-32-17-25(37)28(23-8-9-24-10-11-27(38)36(24)18-23)35-29(37)20-4-6-21(7-5-20)30(39)34-26-16-22(12-13-33-26)19-2-1-3-19/h4-7,12-17,19,23-24H,1-3,8-11,18,31H2/p+1/t23-,24+,37?/m0/s1. The van der Waals surface area contributed by atoms with Gasteiger partial charge < -0.3 is 10.2 Å². The third-order valence-electron chi connectivity index (χ3n) is 8.93. The summed E-state index contributed by atoms with van der Waals surface area (Å²) in [7, 11) is 0. The van der Waals surface area contributed by atoms with Gasteiger partial charge in [0.25, 0.3) is 11.7 Å². The number of quaternary nitrogens is 1. The molecule has 2 aromatic rings. The van der Waals surface area contributed by atoms with Crippen LogP contribution in [0, 0.1) is 5.92 Å². The van der Waals surface area contributed by atoms with Gasteiger partial charge in [0, 0.05) is 36.7 Å². The van der Waals surface area contributed by atoms with Crippen LogP contribution in [0.15, 0.2) is 76.4 Å². The summed E-state index contributed by atoms with van der Waals surface area (Å²) in [5.74, 6) is 8.90. The van der Waals surface area contributed by atoms with Gasteiger partial charge in [-0.15, -0.1) is 4.59 Å². The van der Waals surface area contributed by atoms with Crippen LogP contribution in [-0.4, -0.2) is 50.9 Å². The SMILES string of the molecule is N[N+]12C=CN=CC1=C([C@H]1CC[C@@H]3CCC(=O)N3C1)N=C2c1ccc(C(=O)Nc2cc(C3CCC3)ccn2)cc1. The molecule has 39 heavy (non-hydrogen) atoms. The fourth-order valence-electron chi connectivity index (χ4n) is 6.47. The summed E-state index contributed by atoms with van der Waals surface area (Å²) in [5, 5.41) is 2.94. The molecule has 198 valence electrons. The Morgan fingerprint density at radius 2 is 1.90 bits per heavy atom. The zero-order valence-corrected chi connectivity index (χ0v) is 21.8. The van der Waals surface area contributed by atoms with E-state index in [0.717, 1.165) is 36.2 Å². The second-order valence-electron chi connectivity index (χ2n) is 11.2. The van der Waals surface area contributed by atoms with Gasteiger partial charge in [0.05, 0.1) is 18.0 Å². The lowest BCUT2D eigenvalue weighted by Gasteiger charge is -2.35. The Bertz CT molecular complexity index is 1470. The maximum absolute atomic E-state index is 13.0. The van der Waals surface area contributed by atoms with E-state index in [0.29, 0.717) is 42.1 Å². The first-order valence-electron chi connectivity index (χ1n) is 13.9. The topological polar surface area (TPSA) is 113 Å². The van der Waals surface area contributed by atoms with E-state index >= 15 is 0 Å². The third-order valence-corrected chi connectivity index (χ3v) is 8.93. The van der Waals surface area contributed by atoms with Gasteiger partial charge in [-0.2, -0.15) is 10.8 Å². The van der Waals surface area contributed by atoms with Gasteiger partial charge in [0.2, 0.25) is 11.6 Å². The molecule has 5 aliphatic rings. The average molecular weight is 523 g/mol. The van der Waals surface area contributed by atoms with Crippen LogP contribution in [0.3, 0.4) is 0 Å². The van der Waals surface area contributed by atoms with Crippen LogP contribution in [-0.2, 0) is 4.79 Å². The molecule has 2 saturated heterocycles. The highest BCUT2D eigenvalue weighted by atomic mass is 16.2. The van der Waals surface area contributed by atoms with E-state index in [4.69, 9.17) is 10.8 Å². The number of nitrogens with two attached hydrogens (primary N) is 1. The number of amidine groups is 1. The summed E-state index contributed by atoms with van der Waals surface area (Å²) in [6.07, 6.45) is 14.3. The first-order chi connectivity index (χ1) is 19.0. The molecule has 4 aliphatic heterocycles. The molecule has 3 N–H and O–H groups in total. The third kappa shape index (κ3) is 4.13. The summed E-state index contributed by atoms with van der Waals surface area (Å²) in [4.78, 5) is 41.2. The number of pyridine rings is 1. The highest BCUT2D eigenvalue weighted by Gasteiger charge is 2.47. The number of nitrogens with one attached hydrogen (secondary N) is 1. The minimum absolute atomic E-state index is 0.0733. The summed E-state index contributed by atoms with van der Waals surface area (Å²) in [6, 6.07) is 11.7.